The molecule has 0 amide bonds. The second-order valence-corrected chi connectivity index (χ2v) is 7.19. The standard InChI is InChI=1S/C20H15ClF3NO2/c21-15-8-7-14(19(26)27)16-12-5-2-6-13(12)17(25-18(15)16)10-3-1-4-11(9-10)20(22,23)24/h1-5,7-9,12-13,17,25H,6H2,(H,26,27)/t12-,13+,17-/m1/s1. The number of benzene rings is 2. The van der Waals surface area contributed by atoms with Crippen molar-refractivity contribution < 1.29 is 23.1 Å². The van der Waals surface area contributed by atoms with E-state index in [2.05, 4.69) is 5.32 Å². The van der Waals surface area contributed by atoms with E-state index in [1.807, 2.05) is 12.2 Å². The zero-order valence-corrected chi connectivity index (χ0v) is 14.7. The van der Waals surface area contributed by atoms with E-state index in [-0.39, 0.29) is 17.4 Å². The summed E-state index contributed by atoms with van der Waals surface area (Å²) in [6, 6.07) is 7.80. The average molecular weight is 394 g/mol. The van der Waals surface area contributed by atoms with E-state index < -0.39 is 23.8 Å². The Hall–Kier alpha value is -2.47. The summed E-state index contributed by atoms with van der Waals surface area (Å²) in [5, 5.41) is 13.1. The van der Waals surface area contributed by atoms with E-state index in [9.17, 15) is 23.1 Å². The lowest BCUT2D eigenvalue weighted by molar-refractivity contribution is -0.137. The molecule has 0 aromatic heterocycles. The van der Waals surface area contributed by atoms with Crippen molar-refractivity contribution in [3.8, 4) is 0 Å². The summed E-state index contributed by atoms with van der Waals surface area (Å²) in [6.07, 6.45) is 0.0839. The minimum absolute atomic E-state index is 0.0856. The summed E-state index contributed by atoms with van der Waals surface area (Å²) in [4.78, 5) is 11.7. The molecule has 0 spiro atoms. The van der Waals surface area contributed by atoms with Crippen LogP contribution >= 0.6 is 11.6 Å². The largest absolute Gasteiger partial charge is 0.478 e. The lowest BCUT2D eigenvalue weighted by atomic mass is 9.75. The Morgan fingerprint density at radius 1 is 1.22 bits per heavy atom. The van der Waals surface area contributed by atoms with E-state index in [1.165, 1.54) is 18.2 Å². The Labute approximate surface area is 158 Å². The van der Waals surface area contributed by atoms with Gasteiger partial charge in [0.15, 0.2) is 0 Å². The molecule has 0 unspecified atom stereocenters. The highest BCUT2D eigenvalue weighted by molar-refractivity contribution is 6.33. The summed E-state index contributed by atoms with van der Waals surface area (Å²) in [5.41, 5.74) is 1.03. The van der Waals surface area contributed by atoms with Gasteiger partial charge >= 0.3 is 12.1 Å². The molecular weight excluding hydrogens is 379 g/mol. The maximum absolute atomic E-state index is 13.1. The third kappa shape index (κ3) is 2.98. The third-order valence-corrected chi connectivity index (χ3v) is 5.59. The van der Waals surface area contributed by atoms with Crippen molar-refractivity contribution in [1.82, 2.24) is 0 Å². The first-order valence-corrected chi connectivity index (χ1v) is 8.81. The predicted octanol–water partition coefficient (Wildman–Crippen LogP) is 5.88. The van der Waals surface area contributed by atoms with E-state index in [1.54, 1.807) is 6.07 Å². The molecule has 27 heavy (non-hydrogen) atoms. The zero-order chi connectivity index (χ0) is 19.3. The molecule has 2 aromatic rings. The minimum Gasteiger partial charge on any atom is -0.478 e. The molecule has 0 fully saturated rings. The van der Waals surface area contributed by atoms with Crippen LogP contribution in [0.1, 0.15) is 45.4 Å². The molecule has 4 rings (SSSR count). The van der Waals surface area contributed by atoms with Crippen molar-refractivity contribution in [2.24, 2.45) is 5.92 Å². The average Bonchev–Trinajstić information content (AvgIpc) is 3.10. The van der Waals surface area contributed by atoms with Crippen LogP contribution in [0.5, 0.6) is 0 Å². The quantitative estimate of drug-likeness (QED) is 0.626. The van der Waals surface area contributed by atoms with Crippen LogP contribution in [-0.2, 0) is 6.18 Å². The van der Waals surface area contributed by atoms with Crippen LogP contribution in [0.3, 0.4) is 0 Å². The third-order valence-electron chi connectivity index (χ3n) is 5.27. The highest BCUT2D eigenvalue weighted by atomic mass is 35.5. The lowest BCUT2D eigenvalue weighted by Crippen LogP contribution is -2.31. The second-order valence-electron chi connectivity index (χ2n) is 6.79. The monoisotopic (exact) mass is 393 g/mol. The van der Waals surface area contributed by atoms with Crippen molar-refractivity contribution in [2.45, 2.75) is 24.6 Å². The number of fused-ring (bicyclic) bond motifs is 3. The molecule has 0 bridgehead atoms. The van der Waals surface area contributed by atoms with Gasteiger partial charge in [-0.1, -0.05) is 35.9 Å². The molecule has 0 saturated carbocycles. The maximum atomic E-state index is 13.1. The number of aromatic carboxylic acids is 1. The van der Waals surface area contributed by atoms with Crippen molar-refractivity contribution in [3.05, 3.63) is 75.8 Å². The minimum atomic E-state index is -4.43. The fourth-order valence-electron chi connectivity index (χ4n) is 4.10. The Kier molecular flexibility index (Phi) is 4.18. The molecule has 7 heteroatoms. The van der Waals surface area contributed by atoms with Crippen molar-refractivity contribution in [1.29, 1.82) is 0 Å². The smallest absolute Gasteiger partial charge is 0.416 e. The number of hydrogen-bond donors (Lipinski definition) is 2. The molecule has 140 valence electrons. The molecule has 2 N–H and O–H groups in total. The van der Waals surface area contributed by atoms with Gasteiger partial charge < -0.3 is 10.4 Å². The molecule has 0 saturated heterocycles. The van der Waals surface area contributed by atoms with E-state index >= 15 is 0 Å². The van der Waals surface area contributed by atoms with Gasteiger partial charge in [0.1, 0.15) is 0 Å². The van der Waals surface area contributed by atoms with Crippen molar-refractivity contribution in [3.63, 3.8) is 0 Å². The highest BCUT2D eigenvalue weighted by Gasteiger charge is 2.41. The zero-order valence-electron chi connectivity index (χ0n) is 13.9. The molecule has 0 radical (unpaired) electrons. The summed E-state index contributed by atoms with van der Waals surface area (Å²) in [5.74, 6) is -1.36. The molecule has 1 heterocycles. The Morgan fingerprint density at radius 2 is 2.00 bits per heavy atom. The summed E-state index contributed by atoms with van der Waals surface area (Å²) >= 11 is 6.31. The van der Waals surface area contributed by atoms with Crippen molar-refractivity contribution in [2.75, 3.05) is 5.32 Å². The van der Waals surface area contributed by atoms with Gasteiger partial charge in [0, 0.05) is 5.92 Å². The maximum Gasteiger partial charge on any atom is 0.416 e. The molecule has 2 aliphatic rings. The Bertz CT molecular complexity index is 955. The van der Waals surface area contributed by atoms with E-state index in [0.717, 1.165) is 12.1 Å². The molecule has 2 aromatic carbocycles. The summed E-state index contributed by atoms with van der Waals surface area (Å²) < 4.78 is 39.4. The van der Waals surface area contributed by atoms with Crippen LogP contribution in [0, 0.1) is 5.92 Å². The fraction of sp³-hybridized carbons (Fsp3) is 0.250. The van der Waals surface area contributed by atoms with Crippen LogP contribution in [0.15, 0.2) is 48.6 Å². The fourth-order valence-corrected chi connectivity index (χ4v) is 4.32. The topological polar surface area (TPSA) is 49.3 Å². The van der Waals surface area contributed by atoms with Crippen LogP contribution in [-0.4, -0.2) is 11.1 Å². The van der Waals surface area contributed by atoms with Crippen LogP contribution < -0.4 is 5.32 Å². The number of carboxylic acids is 1. The van der Waals surface area contributed by atoms with Gasteiger partial charge in [-0.2, -0.15) is 13.2 Å². The number of alkyl halides is 3. The number of halogens is 4. The normalized spacial score (nSPS) is 23.5. The molecular formula is C20H15ClF3NO2. The van der Waals surface area contributed by atoms with Crippen LogP contribution in [0.25, 0.3) is 0 Å². The van der Waals surface area contributed by atoms with E-state index in [4.69, 9.17) is 11.6 Å². The summed E-state index contributed by atoms with van der Waals surface area (Å²) in [7, 11) is 0. The van der Waals surface area contributed by atoms with Gasteiger partial charge in [-0.05, 0) is 47.7 Å². The first-order chi connectivity index (χ1) is 12.8. The number of carbonyl (C=O) groups is 1. The number of hydrogen-bond acceptors (Lipinski definition) is 2. The summed E-state index contributed by atoms with van der Waals surface area (Å²) in [6.45, 7) is 0. The van der Waals surface area contributed by atoms with Crippen LogP contribution in [0.2, 0.25) is 5.02 Å². The van der Waals surface area contributed by atoms with Gasteiger partial charge in [0.25, 0.3) is 0 Å². The lowest BCUT2D eigenvalue weighted by Gasteiger charge is -2.38. The van der Waals surface area contributed by atoms with Gasteiger partial charge in [0.2, 0.25) is 0 Å². The number of nitrogens with one attached hydrogen (secondary N) is 1. The van der Waals surface area contributed by atoms with Crippen LogP contribution in [0.4, 0.5) is 18.9 Å². The van der Waals surface area contributed by atoms with Gasteiger partial charge in [0.05, 0.1) is 27.9 Å². The molecule has 1 aliphatic carbocycles. The SMILES string of the molecule is O=C(O)c1ccc(Cl)c2c1[C@@H]1C=CC[C@@H]1[C@@H](c1cccc(C(F)(F)F)c1)N2. The van der Waals surface area contributed by atoms with Crippen molar-refractivity contribution >= 4 is 23.3 Å². The Morgan fingerprint density at radius 3 is 2.70 bits per heavy atom. The molecule has 1 aliphatic heterocycles. The first-order valence-electron chi connectivity index (χ1n) is 8.43. The van der Waals surface area contributed by atoms with Gasteiger partial charge in [-0.15, -0.1) is 0 Å². The predicted molar refractivity (Wildman–Crippen MR) is 96.2 cm³/mol. The molecule has 3 atom stereocenters. The highest BCUT2D eigenvalue weighted by Crippen LogP contribution is 2.52. The Balaban J connectivity index is 1.84. The number of carboxylic acid groups (broad SMARTS) is 1. The number of rotatable bonds is 2. The molecule has 3 nitrogen and oxygen atoms in total. The first kappa shape index (κ1) is 17.9. The second kappa shape index (κ2) is 6.30. The van der Waals surface area contributed by atoms with Gasteiger partial charge in [-0.25, -0.2) is 4.79 Å². The number of allylic oxidation sites excluding steroid dienone is 2. The van der Waals surface area contributed by atoms with Gasteiger partial charge in [-0.3, -0.25) is 0 Å². The van der Waals surface area contributed by atoms with E-state index in [0.29, 0.717) is 28.3 Å². The number of anilines is 1.